The van der Waals surface area contributed by atoms with E-state index in [-0.39, 0.29) is 23.2 Å². The molecule has 7 nitrogen and oxygen atoms in total. The van der Waals surface area contributed by atoms with Gasteiger partial charge in [0.25, 0.3) is 0 Å². The summed E-state index contributed by atoms with van der Waals surface area (Å²) in [5, 5.41) is 13.6. The van der Waals surface area contributed by atoms with Crippen LogP contribution in [0.1, 0.15) is 18.4 Å². The first-order valence-corrected chi connectivity index (χ1v) is 10.7. The van der Waals surface area contributed by atoms with E-state index in [1.807, 2.05) is 0 Å². The van der Waals surface area contributed by atoms with Gasteiger partial charge in [-0.15, -0.1) is 10.2 Å². The molecule has 0 radical (unpaired) electrons. The fourth-order valence-corrected chi connectivity index (χ4v) is 4.17. The SMILES string of the molecule is O=C(Nc1nnc(-c2ccc(F)cc2)s1)C1CCCN1C(=O)Nc1cccc(C(F)(F)F)c1. The average molecular weight is 479 g/mol. The van der Waals surface area contributed by atoms with Crippen LogP contribution in [0.3, 0.4) is 0 Å². The van der Waals surface area contributed by atoms with Crippen LogP contribution in [0.5, 0.6) is 0 Å². The normalized spacial score (nSPS) is 16.0. The van der Waals surface area contributed by atoms with E-state index in [2.05, 4.69) is 20.8 Å². The van der Waals surface area contributed by atoms with Gasteiger partial charge in [0.15, 0.2) is 0 Å². The highest BCUT2D eigenvalue weighted by atomic mass is 32.1. The molecule has 0 bridgehead atoms. The van der Waals surface area contributed by atoms with Crippen LogP contribution in [0.4, 0.5) is 33.2 Å². The lowest BCUT2D eigenvalue weighted by molar-refractivity contribution is -0.137. The number of hydrogen-bond acceptors (Lipinski definition) is 5. The zero-order valence-electron chi connectivity index (χ0n) is 16.9. The van der Waals surface area contributed by atoms with Crippen LogP contribution in [-0.2, 0) is 11.0 Å². The van der Waals surface area contributed by atoms with Crippen molar-refractivity contribution in [2.75, 3.05) is 17.2 Å². The Kier molecular flexibility index (Phi) is 6.27. The van der Waals surface area contributed by atoms with Crippen molar-refractivity contribution >= 4 is 34.1 Å². The van der Waals surface area contributed by atoms with Gasteiger partial charge in [-0.1, -0.05) is 17.4 Å². The lowest BCUT2D eigenvalue weighted by atomic mass is 10.2. The molecule has 2 aromatic carbocycles. The number of aromatic nitrogens is 2. The zero-order chi connectivity index (χ0) is 23.6. The average Bonchev–Trinajstić information content (AvgIpc) is 3.44. The highest BCUT2D eigenvalue weighted by Crippen LogP contribution is 2.31. The molecule has 1 saturated heterocycles. The van der Waals surface area contributed by atoms with E-state index in [0.29, 0.717) is 23.4 Å². The summed E-state index contributed by atoms with van der Waals surface area (Å²) in [5.41, 5.74) is -0.268. The van der Waals surface area contributed by atoms with Gasteiger partial charge >= 0.3 is 12.2 Å². The third-order valence-corrected chi connectivity index (χ3v) is 5.89. The van der Waals surface area contributed by atoms with Crippen LogP contribution < -0.4 is 10.6 Å². The topological polar surface area (TPSA) is 87.2 Å². The molecule has 1 atom stereocenters. The fourth-order valence-electron chi connectivity index (χ4n) is 3.42. The van der Waals surface area contributed by atoms with E-state index >= 15 is 0 Å². The second kappa shape index (κ2) is 9.14. The summed E-state index contributed by atoms with van der Waals surface area (Å²) in [6.45, 7) is 0.278. The van der Waals surface area contributed by atoms with Gasteiger partial charge in [0.2, 0.25) is 11.0 Å². The van der Waals surface area contributed by atoms with E-state index in [0.717, 1.165) is 23.5 Å². The number of likely N-dealkylation sites (tertiary alicyclic amines) is 1. The van der Waals surface area contributed by atoms with E-state index in [9.17, 15) is 27.2 Å². The van der Waals surface area contributed by atoms with Crippen molar-refractivity contribution in [3.8, 4) is 10.6 Å². The second-order valence-electron chi connectivity index (χ2n) is 7.27. The summed E-state index contributed by atoms with van der Waals surface area (Å²) in [4.78, 5) is 26.7. The fraction of sp³-hybridized carbons (Fsp3) is 0.238. The van der Waals surface area contributed by atoms with E-state index in [4.69, 9.17) is 0 Å². The Hall–Kier alpha value is -3.54. The van der Waals surface area contributed by atoms with Crippen molar-refractivity contribution in [2.45, 2.75) is 25.1 Å². The molecule has 33 heavy (non-hydrogen) atoms. The van der Waals surface area contributed by atoms with Gasteiger partial charge < -0.3 is 10.2 Å². The Morgan fingerprint density at radius 3 is 2.55 bits per heavy atom. The Morgan fingerprint density at radius 2 is 1.82 bits per heavy atom. The molecule has 172 valence electrons. The minimum absolute atomic E-state index is 0.0195. The van der Waals surface area contributed by atoms with E-state index in [1.165, 1.54) is 41.3 Å². The standard InChI is InChI=1S/C21H17F4N5O2S/c22-14-8-6-12(7-9-14)18-28-29-19(33-18)27-17(31)16-5-2-10-30(16)20(32)26-15-4-1-3-13(11-15)21(23,24)25/h1,3-4,6-9,11,16H,2,5,10H2,(H,26,32)(H,27,29,31). The van der Waals surface area contributed by atoms with Gasteiger partial charge in [0.05, 0.1) is 5.56 Å². The van der Waals surface area contributed by atoms with Crippen molar-refractivity contribution < 1.29 is 27.2 Å². The minimum atomic E-state index is -4.54. The summed E-state index contributed by atoms with van der Waals surface area (Å²) in [7, 11) is 0. The molecule has 0 saturated carbocycles. The van der Waals surface area contributed by atoms with Crippen LogP contribution >= 0.6 is 11.3 Å². The number of nitrogens with zero attached hydrogens (tertiary/aromatic N) is 3. The van der Waals surface area contributed by atoms with Gasteiger partial charge in [-0.3, -0.25) is 10.1 Å². The summed E-state index contributed by atoms with van der Waals surface area (Å²) in [6.07, 6.45) is -3.58. The monoisotopic (exact) mass is 479 g/mol. The smallest absolute Gasteiger partial charge is 0.312 e. The maximum atomic E-state index is 13.1. The van der Waals surface area contributed by atoms with Crippen LogP contribution in [0.25, 0.3) is 10.6 Å². The molecule has 3 aromatic rings. The second-order valence-corrected chi connectivity index (χ2v) is 8.25. The first kappa shape index (κ1) is 22.6. The molecule has 0 aliphatic carbocycles. The number of alkyl halides is 3. The number of anilines is 2. The lowest BCUT2D eigenvalue weighted by Crippen LogP contribution is -2.45. The number of carbonyl (C=O) groups excluding carboxylic acids is 2. The highest BCUT2D eigenvalue weighted by molar-refractivity contribution is 7.18. The molecule has 2 heterocycles. The number of amides is 3. The number of benzene rings is 2. The molecule has 1 aliphatic rings. The number of nitrogens with one attached hydrogen (secondary N) is 2. The third kappa shape index (κ3) is 5.28. The molecule has 12 heteroatoms. The van der Waals surface area contributed by atoms with Gasteiger partial charge in [0.1, 0.15) is 16.9 Å². The molecule has 3 amide bonds. The number of hydrogen-bond donors (Lipinski definition) is 2. The maximum Gasteiger partial charge on any atom is 0.416 e. The Labute approximate surface area is 189 Å². The van der Waals surface area contributed by atoms with Crippen LogP contribution in [0, 0.1) is 5.82 Å². The lowest BCUT2D eigenvalue weighted by Gasteiger charge is -2.24. The van der Waals surface area contributed by atoms with E-state index < -0.39 is 29.7 Å². The Morgan fingerprint density at radius 1 is 1.06 bits per heavy atom. The van der Waals surface area contributed by atoms with E-state index in [1.54, 1.807) is 0 Å². The van der Waals surface area contributed by atoms with Crippen molar-refractivity contribution in [3.63, 3.8) is 0 Å². The summed E-state index contributed by atoms with van der Waals surface area (Å²) in [6, 6.07) is 8.45. The summed E-state index contributed by atoms with van der Waals surface area (Å²) < 4.78 is 51.8. The number of urea groups is 1. The number of halogens is 4. The Bertz CT molecular complexity index is 1170. The van der Waals surface area contributed by atoms with Crippen LogP contribution in [0.15, 0.2) is 48.5 Å². The molecular weight excluding hydrogens is 462 g/mol. The molecule has 1 aromatic heterocycles. The van der Waals surface area contributed by atoms with Crippen LogP contribution in [0.2, 0.25) is 0 Å². The molecular formula is C21H17F4N5O2S. The number of rotatable bonds is 4. The molecule has 4 rings (SSSR count). The van der Waals surface area contributed by atoms with Crippen molar-refractivity contribution in [1.29, 1.82) is 0 Å². The van der Waals surface area contributed by atoms with Gasteiger partial charge in [0, 0.05) is 17.8 Å². The predicted octanol–water partition coefficient (Wildman–Crippen LogP) is 5.00. The largest absolute Gasteiger partial charge is 0.416 e. The third-order valence-electron chi connectivity index (χ3n) is 5.00. The van der Waals surface area contributed by atoms with Crippen molar-refractivity contribution in [2.24, 2.45) is 0 Å². The van der Waals surface area contributed by atoms with Gasteiger partial charge in [-0.2, -0.15) is 13.2 Å². The summed E-state index contributed by atoms with van der Waals surface area (Å²) >= 11 is 1.09. The first-order chi connectivity index (χ1) is 15.7. The zero-order valence-corrected chi connectivity index (χ0v) is 17.7. The quantitative estimate of drug-likeness (QED) is 0.516. The first-order valence-electron chi connectivity index (χ1n) is 9.86. The van der Waals surface area contributed by atoms with Gasteiger partial charge in [-0.25, -0.2) is 9.18 Å². The minimum Gasteiger partial charge on any atom is -0.312 e. The molecule has 1 fully saturated rings. The van der Waals surface area contributed by atoms with Crippen molar-refractivity contribution in [3.05, 3.63) is 59.9 Å². The highest BCUT2D eigenvalue weighted by Gasteiger charge is 2.35. The predicted molar refractivity (Wildman–Crippen MR) is 114 cm³/mol. The molecule has 0 spiro atoms. The summed E-state index contributed by atoms with van der Waals surface area (Å²) in [5.74, 6) is -0.866. The maximum absolute atomic E-state index is 13.1. The van der Waals surface area contributed by atoms with Crippen LogP contribution in [-0.4, -0.2) is 39.6 Å². The molecule has 1 aliphatic heterocycles. The number of carbonyl (C=O) groups is 2. The Balaban J connectivity index is 1.41. The molecule has 2 N–H and O–H groups in total. The van der Waals surface area contributed by atoms with Gasteiger partial charge in [-0.05, 0) is 55.3 Å². The van der Waals surface area contributed by atoms with Crippen molar-refractivity contribution in [1.82, 2.24) is 15.1 Å². The molecule has 1 unspecified atom stereocenters.